The fourth-order valence-electron chi connectivity index (χ4n) is 2.38. The molecule has 1 fully saturated rings. The Bertz CT molecular complexity index is 569. The first-order valence-corrected chi connectivity index (χ1v) is 7.79. The second kappa shape index (κ2) is 5.11. The van der Waals surface area contributed by atoms with Crippen LogP contribution in [-0.4, -0.2) is 50.8 Å². The Morgan fingerprint density at radius 3 is 2.63 bits per heavy atom. The summed E-state index contributed by atoms with van der Waals surface area (Å²) in [4.78, 5) is 2.40. The number of aryl methyl sites for hydroxylation is 1. The van der Waals surface area contributed by atoms with Crippen molar-refractivity contribution in [2.75, 3.05) is 32.9 Å². The summed E-state index contributed by atoms with van der Waals surface area (Å²) in [5.41, 5.74) is 6.92. The predicted octanol–water partition coefficient (Wildman–Crippen LogP) is 0.902. The van der Waals surface area contributed by atoms with Crippen molar-refractivity contribution in [3.63, 3.8) is 0 Å². The number of nitrogens with zero attached hydrogens (tertiary/aromatic N) is 2. The van der Waals surface area contributed by atoms with E-state index in [1.54, 1.807) is 29.4 Å². The van der Waals surface area contributed by atoms with Crippen molar-refractivity contribution in [2.24, 2.45) is 0 Å². The van der Waals surface area contributed by atoms with Crippen molar-refractivity contribution in [3.8, 4) is 0 Å². The zero-order valence-electron chi connectivity index (χ0n) is 11.6. The number of hydrogen-bond donors (Lipinski definition) is 1. The fourth-order valence-corrected chi connectivity index (χ4v) is 4.14. The van der Waals surface area contributed by atoms with Gasteiger partial charge in [0.1, 0.15) is 0 Å². The van der Waals surface area contributed by atoms with Crippen LogP contribution in [0.5, 0.6) is 0 Å². The molecule has 0 saturated carbocycles. The summed E-state index contributed by atoms with van der Waals surface area (Å²) in [7, 11) is 0.526. The Balaban J connectivity index is 2.31. The van der Waals surface area contributed by atoms with Crippen LogP contribution in [0.15, 0.2) is 23.1 Å². The van der Waals surface area contributed by atoms with Crippen molar-refractivity contribution < 1.29 is 8.42 Å². The minimum Gasteiger partial charge on any atom is -0.399 e. The first-order chi connectivity index (χ1) is 8.82. The topological polar surface area (TPSA) is 66.6 Å². The van der Waals surface area contributed by atoms with Gasteiger partial charge in [-0.2, -0.15) is 4.31 Å². The van der Waals surface area contributed by atoms with Gasteiger partial charge in [0.15, 0.2) is 0 Å². The van der Waals surface area contributed by atoms with Crippen LogP contribution in [0.3, 0.4) is 0 Å². The summed E-state index contributed by atoms with van der Waals surface area (Å²) >= 11 is 0. The van der Waals surface area contributed by atoms with Crippen molar-refractivity contribution >= 4 is 15.7 Å². The van der Waals surface area contributed by atoms with Gasteiger partial charge in [0.05, 0.1) is 4.90 Å². The van der Waals surface area contributed by atoms with E-state index >= 15 is 0 Å². The van der Waals surface area contributed by atoms with Crippen LogP contribution in [0.25, 0.3) is 0 Å². The summed E-state index contributed by atoms with van der Waals surface area (Å²) in [5.74, 6) is 0. The van der Waals surface area contributed by atoms with E-state index < -0.39 is 10.0 Å². The maximum Gasteiger partial charge on any atom is 0.243 e. The summed E-state index contributed by atoms with van der Waals surface area (Å²) in [6.45, 7) is 2.91. The normalized spacial score (nSPS) is 21.2. The zero-order chi connectivity index (χ0) is 14.2. The Morgan fingerprint density at radius 1 is 1.37 bits per heavy atom. The number of benzene rings is 1. The average Bonchev–Trinajstić information content (AvgIpc) is 2.82. The molecule has 1 aromatic carbocycles. The molecule has 0 amide bonds. The number of rotatable bonds is 3. The zero-order valence-corrected chi connectivity index (χ0v) is 12.4. The Kier molecular flexibility index (Phi) is 3.85. The molecule has 5 nitrogen and oxygen atoms in total. The van der Waals surface area contributed by atoms with E-state index in [-0.39, 0.29) is 6.04 Å². The first-order valence-electron chi connectivity index (χ1n) is 6.35. The molecule has 1 atom stereocenters. The molecule has 0 spiro atoms. The van der Waals surface area contributed by atoms with E-state index in [0.717, 1.165) is 12.0 Å². The summed E-state index contributed by atoms with van der Waals surface area (Å²) in [6.07, 6.45) is 0.869. The lowest BCUT2D eigenvalue weighted by atomic mass is 10.2. The maximum absolute atomic E-state index is 12.6. The lowest BCUT2D eigenvalue weighted by Gasteiger charge is -2.21. The van der Waals surface area contributed by atoms with Gasteiger partial charge in [0.25, 0.3) is 0 Å². The van der Waals surface area contributed by atoms with Crippen molar-refractivity contribution in [2.45, 2.75) is 24.3 Å². The number of anilines is 1. The quantitative estimate of drug-likeness (QED) is 0.837. The van der Waals surface area contributed by atoms with Crippen LogP contribution < -0.4 is 5.73 Å². The first kappa shape index (κ1) is 14.3. The molecule has 2 N–H and O–H groups in total. The Labute approximate surface area is 115 Å². The monoisotopic (exact) mass is 283 g/mol. The van der Waals surface area contributed by atoms with Crippen LogP contribution in [0, 0.1) is 6.92 Å². The molecule has 1 unspecified atom stereocenters. The van der Waals surface area contributed by atoms with Gasteiger partial charge < -0.3 is 10.6 Å². The molecule has 2 rings (SSSR count). The molecule has 0 aliphatic carbocycles. The highest BCUT2D eigenvalue weighted by Crippen LogP contribution is 2.26. The highest BCUT2D eigenvalue weighted by molar-refractivity contribution is 7.89. The number of sulfonamides is 1. The maximum atomic E-state index is 12.6. The van der Waals surface area contributed by atoms with E-state index in [0.29, 0.717) is 23.7 Å². The summed E-state index contributed by atoms with van der Waals surface area (Å²) in [6, 6.07) is 5.31. The van der Waals surface area contributed by atoms with Crippen molar-refractivity contribution in [1.82, 2.24) is 9.21 Å². The van der Waals surface area contributed by atoms with Crippen LogP contribution in [0.4, 0.5) is 5.69 Å². The van der Waals surface area contributed by atoms with E-state index in [9.17, 15) is 8.42 Å². The molecule has 19 heavy (non-hydrogen) atoms. The number of nitrogen functional groups attached to an aromatic ring is 1. The van der Waals surface area contributed by atoms with Gasteiger partial charge in [-0.05, 0) is 45.1 Å². The van der Waals surface area contributed by atoms with E-state index in [2.05, 4.69) is 4.90 Å². The third-order valence-electron chi connectivity index (χ3n) is 3.69. The Morgan fingerprint density at radius 2 is 2.05 bits per heavy atom. The minimum absolute atomic E-state index is 0.288. The van der Waals surface area contributed by atoms with Gasteiger partial charge in [0.2, 0.25) is 10.0 Å². The molecule has 1 aliphatic heterocycles. The number of hydrogen-bond acceptors (Lipinski definition) is 4. The van der Waals surface area contributed by atoms with Crippen LogP contribution >= 0.6 is 0 Å². The number of likely N-dealkylation sites (N-methyl/N-ethyl adjacent to an activating group) is 1. The summed E-state index contributed by atoms with van der Waals surface area (Å²) < 4.78 is 26.8. The third kappa shape index (κ3) is 2.75. The standard InChI is InChI=1S/C13H21N3O2S/c1-10-4-5-11(14)8-13(10)19(17,18)16-7-6-12(9-16)15(2)3/h4-5,8,12H,6-7,9,14H2,1-3H3. The smallest absolute Gasteiger partial charge is 0.243 e. The van der Waals surface area contributed by atoms with Crippen LogP contribution in [-0.2, 0) is 10.0 Å². The van der Waals surface area contributed by atoms with E-state index in [1.165, 1.54) is 0 Å². The molecule has 1 saturated heterocycles. The van der Waals surface area contributed by atoms with Gasteiger partial charge in [0, 0.05) is 24.8 Å². The van der Waals surface area contributed by atoms with Gasteiger partial charge >= 0.3 is 0 Å². The molecule has 0 bridgehead atoms. The molecule has 0 radical (unpaired) electrons. The Hall–Kier alpha value is -1.11. The van der Waals surface area contributed by atoms with Crippen molar-refractivity contribution in [3.05, 3.63) is 23.8 Å². The molecule has 6 heteroatoms. The molecular weight excluding hydrogens is 262 g/mol. The van der Waals surface area contributed by atoms with Gasteiger partial charge in [-0.3, -0.25) is 0 Å². The van der Waals surface area contributed by atoms with Gasteiger partial charge in [-0.15, -0.1) is 0 Å². The summed E-state index contributed by atoms with van der Waals surface area (Å²) in [5, 5.41) is 0. The largest absolute Gasteiger partial charge is 0.399 e. The highest BCUT2D eigenvalue weighted by atomic mass is 32.2. The van der Waals surface area contributed by atoms with E-state index in [4.69, 9.17) is 5.73 Å². The van der Waals surface area contributed by atoms with Gasteiger partial charge in [-0.1, -0.05) is 6.07 Å². The molecule has 106 valence electrons. The second-order valence-electron chi connectivity index (χ2n) is 5.29. The van der Waals surface area contributed by atoms with Gasteiger partial charge in [-0.25, -0.2) is 8.42 Å². The molecular formula is C13H21N3O2S. The van der Waals surface area contributed by atoms with Crippen molar-refractivity contribution in [1.29, 1.82) is 0 Å². The fraction of sp³-hybridized carbons (Fsp3) is 0.538. The lowest BCUT2D eigenvalue weighted by Crippen LogP contribution is -2.34. The SMILES string of the molecule is Cc1ccc(N)cc1S(=O)(=O)N1CCC(N(C)C)C1. The molecule has 1 heterocycles. The molecule has 0 aromatic heterocycles. The second-order valence-corrected chi connectivity index (χ2v) is 7.20. The third-order valence-corrected chi connectivity index (χ3v) is 5.69. The highest BCUT2D eigenvalue weighted by Gasteiger charge is 2.34. The van der Waals surface area contributed by atoms with Crippen LogP contribution in [0.1, 0.15) is 12.0 Å². The lowest BCUT2D eigenvalue weighted by molar-refractivity contribution is 0.302. The van der Waals surface area contributed by atoms with Crippen LogP contribution in [0.2, 0.25) is 0 Å². The van der Waals surface area contributed by atoms with E-state index in [1.807, 2.05) is 14.1 Å². The average molecular weight is 283 g/mol. The molecule has 1 aromatic rings. The predicted molar refractivity (Wildman–Crippen MR) is 76.4 cm³/mol. The number of nitrogens with two attached hydrogens (primary N) is 1. The molecule has 1 aliphatic rings. The minimum atomic E-state index is -3.43.